The molecule has 7 heteroatoms. The van der Waals surface area contributed by atoms with Crippen LogP contribution in [-0.2, 0) is 14.3 Å². The second-order valence-electron chi connectivity index (χ2n) is 6.64. The second kappa shape index (κ2) is 5.12. The lowest BCUT2D eigenvalue weighted by atomic mass is 9.90. The van der Waals surface area contributed by atoms with E-state index in [-0.39, 0.29) is 12.1 Å². The van der Waals surface area contributed by atoms with E-state index in [1.54, 1.807) is 0 Å². The lowest BCUT2D eigenvalue weighted by molar-refractivity contribution is -0.160. The molecule has 2 aliphatic rings. The van der Waals surface area contributed by atoms with Crippen LogP contribution in [0.1, 0.15) is 33.2 Å². The summed E-state index contributed by atoms with van der Waals surface area (Å²) in [6, 6.07) is 1.68. The van der Waals surface area contributed by atoms with Crippen LogP contribution in [0.5, 0.6) is 0 Å². The van der Waals surface area contributed by atoms with Gasteiger partial charge in [-0.15, -0.1) is 0 Å². The first-order valence-corrected chi connectivity index (χ1v) is 8.32. The van der Waals surface area contributed by atoms with E-state index < -0.39 is 11.4 Å². The number of aldehydes is 1. The van der Waals surface area contributed by atoms with E-state index in [9.17, 15) is 4.79 Å². The van der Waals surface area contributed by atoms with Crippen molar-refractivity contribution in [3.63, 3.8) is 0 Å². The summed E-state index contributed by atoms with van der Waals surface area (Å²) in [4.78, 5) is 20.1. The highest BCUT2D eigenvalue weighted by Crippen LogP contribution is 2.52. The van der Waals surface area contributed by atoms with Gasteiger partial charge in [0.2, 0.25) is 0 Å². The number of rotatable bonds is 3. The summed E-state index contributed by atoms with van der Waals surface area (Å²) in [5.74, 6) is -0.753. The first-order valence-electron chi connectivity index (χ1n) is 7.94. The summed E-state index contributed by atoms with van der Waals surface area (Å²) in [5.41, 5.74) is 0.595. The number of hydrogen-bond donors (Lipinski definition) is 0. The van der Waals surface area contributed by atoms with Crippen molar-refractivity contribution in [2.45, 2.75) is 50.7 Å². The van der Waals surface area contributed by atoms with Gasteiger partial charge in [0.1, 0.15) is 35.1 Å². The van der Waals surface area contributed by atoms with Crippen molar-refractivity contribution in [2.24, 2.45) is 0 Å². The quantitative estimate of drug-likeness (QED) is 0.630. The van der Waals surface area contributed by atoms with Gasteiger partial charge in [-0.1, -0.05) is 18.5 Å². The molecule has 0 aromatic carbocycles. The summed E-state index contributed by atoms with van der Waals surface area (Å²) < 4.78 is 14.3. The highest BCUT2D eigenvalue weighted by atomic mass is 35.5. The van der Waals surface area contributed by atoms with E-state index in [0.717, 1.165) is 11.7 Å². The number of halogens is 1. The zero-order chi connectivity index (χ0) is 17.1. The van der Waals surface area contributed by atoms with Gasteiger partial charge in [-0.2, -0.15) is 0 Å². The molecule has 0 saturated carbocycles. The molecule has 6 nitrogen and oxygen atoms in total. The predicted octanol–water partition coefficient (Wildman–Crippen LogP) is 3.07. The second-order valence-corrected chi connectivity index (χ2v) is 7.00. The van der Waals surface area contributed by atoms with E-state index >= 15 is 0 Å². The first kappa shape index (κ1) is 15.7. The van der Waals surface area contributed by atoms with Crippen molar-refractivity contribution in [1.82, 2.24) is 14.5 Å². The molecule has 3 atom stereocenters. The average Bonchev–Trinajstić information content (AvgIpc) is 3.16. The van der Waals surface area contributed by atoms with Crippen molar-refractivity contribution >= 4 is 28.9 Å². The number of carbonyl (C=O) groups is 1. The van der Waals surface area contributed by atoms with Crippen LogP contribution in [0.2, 0.25) is 5.15 Å². The van der Waals surface area contributed by atoms with Gasteiger partial charge in [-0.25, -0.2) is 9.97 Å². The molecule has 4 rings (SSSR count). The lowest BCUT2D eigenvalue weighted by Crippen LogP contribution is -2.41. The van der Waals surface area contributed by atoms with Gasteiger partial charge in [-0.3, -0.25) is 4.79 Å². The van der Waals surface area contributed by atoms with E-state index in [1.165, 1.54) is 6.33 Å². The van der Waals surface area contributed by atoms with E-state index in [2.05, 4.69) is 9.97 Å². The van der Waals surface area contributed by atoms with Crippen molar-refractivity contribution in [3.05, 3.63) is 35.4 Å². The van der Waals surface area contributed by atoms with Crippen LogP contribution < -0.4 is 0 Å². The highest BCUT2D eigenvalue weighted by molar-refractivity contribution is 6.33. The fraction of sp³-hybridized carbons (Fsp3) is 0.471. The topological polar surface area (TPSA) is 66.2 Å². The van der Waals surface area contributed by atoms with Gasteiger partial charge in [0.05, 0.1) is 11.4 Å². The maximum Gasteiger partial charge on any atom is 0.164 e. The van der Waals surface area contributed by atoms with Crippen LogP contribution >= 0.6 is 11.6 Å². The molecule has 2 aromatic heterocycles. The molecular weight excluding hydrogens is 330 g/mol. The third-order valence-corrected chi connectivity index (χ3v) is 5.18. The van der Waals surface area contributed by atoms with Crippen LogP contribution in [0.4, 0.5) is 0 Å². The fourth-order valence-electron chi connectivity index (χ4n) is 3.93. The molecule has 1 saturated heterocycles. The largest absolute Gasteiger partial charge is 0.341 e. The Labute approximate surface area is 144 Å². The minimum atomic E-state index is -0.753. The maximum atomic E-state index is 11.7. The van der Waals surface area contributed by atoms with E-state index in [1.807, 2.05) is 43.7 Å². The van der Waals surface area contributed by atoms with Gasteiger partial charge in [0, 0.05) is 11.8 Å². The Morgan fingerprint density at radius 2 is 2.21 bits per heavy atom. The smallest absolute Gasteiger partial charge is 0.164 e. The number of carbonyl (C=O) groups excluding carboxylic acids is 1. The molecule has 3 heterocycles. The predicted molar refractivity (Wildman–Crippen MR) is 88.8 cm³/mol. The van der Waals surface area contributed by atoms with Crippen LogP contribution in [0.15, 0.2) is 30.2 Å². The zero-order valence-corrected chi connectivity index (χ0v) is 14.4. The molecule has 126 valence electrons. The van der Waals surface area contributed by atoms with Crippen LogP contribution in [0.3, 0.4) is 0 Å². The number of hydrogen-bond acceptors (Lipinski definition) is 5. The molecule has 0 bridgehead atoms. The highest BCUT2D eigenvalue weighted by Gasteiger charge is 2.60. The Hall–Kier alpha value is -1.76. The molecule has 0 N–H and O–H groups in total. The standard InChI is InChI=1S/C17H18ClN3O3/c1-4-17-10(8-22)7-12(13(17)23-16(2,3)24-17)21-6-5-11-14(18)19-9-20-15(11)21/h5-9,12-13H,4H2,1-3H3/t12-,13+,17-/m1/s1. The normalized spacial score (nSPS) is 31.2. The Kier molecular flexibility index (Phi) is 3.36. The average molecular weight is 348 g/mol. The minimum Gasteiger partial charge on any atom is -0.341 e. The summed E-state index contributed by atoms with van der Waals surface area (Å²) in [7, 11) is 0. The van der Waals surface area contributed by atoms with Crippen molar-refractivity contribution in [2.75, 3.05) is 0 Å². The number of fused-ring (bicyclic) bond motifs is 2. The molecule has 1 fully saturated rings. The van der Waals surface area contributed by atoms with Crippen molar-refractivity contribution < 1.29 is 14.3 Å². The molecular formula is C17H18ClN3O3. The van der Waals surface area contributed by atoms with E-state index in [4.69, 9.17) is 21.1 Å². The molecule has 0 amide bonds. The lowest BCUT2D eigenvalue weighted by Gasteiger charge is -2.29. The van der Waals surface area contributed by atoms with Gasteiger partial charge >= 0.3 is 0 Å². The third kappa shape index (κ3) is 2.00. The molecule has 0 unspecified atom stereocenters. The zero-order valence-electron chi connectivity index (χ0n) is 13.7. The summed E-state index contributed by atoms with van der Waals surface area (Å²) in [6.07, 6.45) is 6.46. The van der Waals surface area contributed by atoms with Crippen LogP contribution in [0, 0.1) is 0 Å². The summed E-state index contributed by atoms with van der Waals surface area (Å²) >= 11 is 6.15. The van der Waals surface area contributed by atoms with Crippen molar-refractivity contribution in [3.8, 4) is 0 Å². The maximum absolute atomic E-state index is 11.7. The molecule has 2 aromatic rings. The third-order valence-electron chi connectivity index (χ3n) is 4.88. The Morgan fingerprint density at radius 1 is 1.42 bits per heavy atom. The van der Waals surface area contributed by atoms with Crippen molar-refractivity contribution in [1.29, 1.82) is 0 Å². The Morgan fingerprint density at radius 3 is 2.92 bits per heavy atom. The fourth-order valence-corrected chi connectivity index (χ4v) is 4.12. The van der Waals surface area contributed by atoms with Gasteiger partial charge < -0.3 is 14.0 Å². The molecule has 0 spiro atoms. The molecule has 24 heavy (non-hydrogen) atoms. The van der Waals surface area contributed by atoms with Gasteiger partial charge in [-0.05, 0) is 32.4 Å². The van der Waals surface area contributed by atoms with Crippen LogP contribution in [0.25, 0.3) is 11.0 Å². The molecule has 1 aliphatic heterocycles. The van der Waals surface area contributed by atoms with Crippen LogP contribution in [-0.4, -0.2) is 38.3 Å². The minimum absolute atomic E-state index is 0.199. The monoisotopic (exact) mass is 347 g/mol. The first-order chi connectivity index (χ1) is 11.4. The van der Waals surface area contributed by atoms with Gasteiger partial charge in [0.25, 0.3) is 0 Å². The molecule has 0 radical (unpaired) electrons. The Balaban J connectivity index is 1.88. The Bertz CT molecular complexity index is 860. The van der Waals surface area contributed by atoms with Gasteiger partial charge in [0.15, 0.2) is 5.79 Å². The number of nitrogens with zero attached hydrogens (tertiary/aromatic N) is 3. The summed E-state index contributed by atoms with van der Waals surface area (Å²) in [6.45, 7) is 5.74. The van der Waals surface area contributed by atoms with E-state index in [0.29, 0.717) is 22.8 Å². The number of aromatic nitrogens is 3. The summed E-state index contributed by atoms with van der Waals surface area (Å²) in [5, 5.41) is 1.18. The molecule has 1 aliphatic carbocycles. The SMILES string of the molecule is CC[C@]12OC(C)(C)O[C@H]1[C@H](n1ccc3c(Cl)ncnc31)C=C2C=O. The number of ether oxygens (including phenoxy) is 2.